The van der Waals surface area contributed by atoms with Crippen molar-refractivity contribution in [2.75, 3.05) is 7.11 Å². The lowest BCUT2D eigenvalue weighted by Gasteiger charge is -2.14. The van der Waals surface area contributed by atoms with Crippen LogP contribution in [0.3, 0.4) is 0 Å². The Balaban J connectivity index is 1.91. The Morgan fingerprint density at radius 2 is 2.16 bits per heavy atom. The zero-order valence-electron chi connectivity index (χ0n) is 11.2. The lowest BCUT2D eigenvalue weighted by molar-refractivity contribution is 0.369. The number of phenols is 1. The van der Waals surface area contributed by atoms with Crippen LogP contribution in [0.4, 0.5) is 0 Å². The van der Waals surface area contributed by atoms with Gasteiger partial charge in [0.2, 0.25) is 0 Å². The largest absolute Gasteiger partial charge is 0.504 e. The molecule has 1 aromatic carbocycles. The van der Waals surface area contributed by atoms with Gasteiger partial charge in [-0.05, 0) is 30.9 Å². The van der Waals surface area contributed by atoms with Gasteiger partial charge >= 0.3 is 0 Å². The topological polar surface area (TPSA) is 41.5 Å². The Hall–Kier alpha value is -1.52. The molecule has 0 spiro atoms. The summed E-state index contributed by atoms with van der Waals surface area (Å²) >= 11 is 1.77. The van der Waals surface area contributed by atoms with Gasteiger partial charge in [-0.25, -0.2) is 0 Å². The predicted octanol–water partition coefficient (Wildman–Crippen LogP) is 3.18. The molecule has 1 unspecified atom stereocenters. The fourth-order valence-corrected chi connectivity index (χ4v) is 2.80. The number of nitrogens with one attached hydrogen (secondary N) is 1. The first kappa shape index (κ1) is 13.9. The highest BCUT2D eigenvalue weighted by atomic mass is 32.1. The second-order valence-corrected chi connectivity index (χ2v) is 5.57. The fraction of sp³-hybridized carbons (Fsp3) is 0.333. The summed E-state index contributed by atoms with van der Waals surface area (Å²) in [5, 5.41) is 15.5. The maximum Gasteiger partial charge on any atom is 0.162 e. The van der Waals surface area contributed by atoms with E-state index in [1.165, 1.54) is 4.88 Å². The van der Waals surface area contributed by atoms with E-state index < -0.39 is 0 Å². The zero-order chi connectivity index (χ0) is 13.7. The van der Waals surface area contributed by atoms with E-state index in [9.17, 15) is 5.11 Å². The first-order valence-corrected chi connectivity index (χ1v) is 7.19. The maximum atomic E-state index is 10.00. The van der Waals surface area contributed by atoms with Gasteiger partial charge in [-0.1, -0.05) is 18.2 Å². The van der Waals surface area contributed by atoms with Gasteiger partial charge < -0.3 is 15.2 Å². The van der Waals surface area contributed by atoms with Crippen LogP contribution < -0.4 is 10.1 Å². The number of benzene rings is 1. The number of ether oxygens (including phenoxy) is 1. The van der Waals surface area contributed by atoms with E-state index in [0.717, 1.165) is 12.0 Å². The van der Waals surface area contributed by atoms with Crippen molar-refractivity contribution in [3.05, 3.63) is 46.2 Å². The molecule has 1 aromatic heterocycles. The van der Waals surface area contributed by atoms with Gasteiger partial charge in [-0.2, -0.15) is 0 Å². The molecule has 3 nitrogen and oxygen atoms in total. The fourth-order valence-electron chi connectivity index (χ4n) is 1.96. The van der Waals surface area contributed by atoms with E-state index >= 15 is 0 Å². The number of hydrogen-bond acceptors (Lipinski definition) is 4. The van der Waals surface area contributed by atoms with Crippen LogP contribution in [0.15, 0.2) is 35.7 Å². The SMILES string of the molecule is COc1cccc(CNC(C)Cc2cccs2)c1O. The van der Waals surface area contributed by atoms with Crippen molar-refractivity contribution in [2.45, 2.75) is 25.9 Å². The van der Waals surface area contributed by atoms with E-state index in [2.05, 4.69) is 29.8 Å². The van der Waals surface area contributed by atoms with Crippen LogP contribution in [0, 0.1) is 0 Å². The minimum atomic E-state index is 0.223. The Morgan fingerprint density at radius 1 is 1.32 bits per heavy atom. The standard InChI is InChI=1S/C15H19NO2S/c1-11(9-13-6-4-8-19-13)16-10-12-5-3-7-14(18-2)15(12)17/h3-8,11,16-17H,9-10H2,1-2H3. The molecule has 4 heteroatoms. The Kier molecular flexibility index (Phi) is 4.82. The van der Waals surface area contributed by atoms with Gasteiger partial charge in [-0.15, -0.1) is 11.3 Å². The third kappa shape index (κ3) is 3.72. The molecule has 1 heterocycles. The Bertz CT molecular complexity index is 511. The van der Waals surface area contributed by atoms with Gasteiger partial charge in [0.15, 0.2) is 11.5 Å². The lowest BCUT2D eigenvalue weighted by Crippen LogP contribution is -2.27. The average Bonchev–Trinajstić information content (AvgIpc) is 2.90. The summed E-state index contributed by atoms with van der Waals surface area (Å²) in [5.74, 6) is 0.742. The lowest BCUT2D eigenvalue weighted by atomic mass is 10.1. The van der Waals surface area contributed by atoms with Gasteiger partial charge in [-0.3, -0.25) is 0 Å². The molecule has 0 saturated heterocycles. The number of para-hydroxylation sites is 1. The van der Waals surface area contributed by atoms with Crippen LogP contribution in [0.5, 0.6) is 11.5 Å². The second kappa shape index (κ2) is 6.59. The van der Waals surface area contributed by atoms with E-state index in [-0.39, 0.29) is 5.75 Å². The summed E-state index contributed by atoms with van der Waals surface area (Å²) in [5.41, 5.74) is 0.859. The second-order valence-electron chi connectivity index (χ2n) is 4.53. The van der Waals surface area contributed by atoms with Crippen molar-refractivity contribution in [3.8, 4) is 11.5 Å². The van der Waals surface area contributed by atoms with E-state index in [0.29, 0.717) is 18.3 Å². The quantitative estimate of drug-likeness (QED) is 0.852. The molecule has 0 radical (unpaired) electrons. The number of phenolic OH excluding ortho intramolecular Hbond substituents is 1. The molecule has 19 heavy (non-hydrogen) atoms. The first-order valence-electron chi connectivity index (χ1n) is 6.31. The van der Waals surface area contributed by atoms with Crippen LogP contribution in [0.2, 0.25) is 0 Å². The van der Waals surface area contributed by atoms with Gasteiger partial charge in [0, 0.05) is 23.0 Å². The van der Waals surface area contributed by atoms with Crippen molar-refractivity contribution >= 4 is 11.3 Å². The van der Waals surface area contributed by atoms with Crippen LogP contribution >= 0.6 is 11.3 Å². The Morgan fingerprint density at radius 3 is 2.84 bits per heavy atom. The minimum Gasteiger partial charge on any atom is -0.504 e. The van der Waals surface area contributed by atoms with E-state index in [4.69, 9.17) is 4.74 Å². The number of methoxy groups -OCH3 is 1. The van der Waals surface area contributed by atoms with Crippen molar-refractivity contribution in [1.29, 1.82) is 0 Å². The third-order valence-electron chi connectivity index (χ3n) is 3.03. The summed E-state index contributed by atoms with van der Waals surface area (Å²) < 4.78 is 5.10. The van der Waals surface area contributed by atoms with Crippen LogP contribution in [-0.2, 0) is 13.0 Å². The molecule has 2 rings (SSSR count). The van der Waals surface area contributed by atoms with Gasteiger partial charge in [0.25, 0.3) is 0 Å². The molecule has 2 N–H and O–H groups in total. The third-order valence-corrected chi connectivity index (χ3v) is 3.93. The molecule has 1 atom stereocenters. The van der Waals surface area contributed by atoms with Crippen molar-refractivity contribution < 1.29 is 9.84 Å². The summed E-state index contributed by atoms with van der Waals surface area (Å²) in [6.45, 7) is 2.78. The zero-order valence-corrected chi connectivity index (χ0v) is 12.0. The highest BCUT2D eigenvalue weighted by Gasteiger charge is 2.09. The molecule has 0 aliphatic heterocycles. The summed E-state index contributed by atoms with van der Waals surface area (Å²) in [6, 6.07) is 10.1. The highest BCUT2D eigenvalue weighted by Crippen LogP contribution is 2.29. The van der Waals surface area contributed by atoms with E-state index in [1.807, 2.05) is 12.1 Å². The molecule has 0 fully saturated rings. The number of aromatic hydroxyl groups is 1. The molecular weight excluding hydrogens is 258 g/mol. The molecule has 0 saturated carbocycles. The van der Waals surface area contributed by atoms with E-state index in [1.54, 1.807) is 24.5 Å². The van der Waals surface area contributed by atoms with Crippen molar-refractivity contribution in [1.82, 2.24) is 5.32 Å². The molecule has 102 valence electrons. The maximum absolute atomic E-state index is 10.00. The Labute approximate surface area is 117 Å². The number of thiophene rings is 1. The summed E-state index contributed by atoms with van der Waals surface area (Å²) in [4.78, 5) is 1.37. The van der Waals surface area contributed by atoms with Crippen molar-refractivity contribution in [3.63, 3.8) is 0 Å². The first-order chi connectivity index (χ1) is 9.20. The van der Waals surface area contributed by atoms with Gasteiger partial charge in [0.1, 0.15) is 0 Å². The number of hydrogen-bond donors (Lipinski definition) is 2. The molecule has 0 aliphatic carbocycles. The minimum absolute atomic E-state index is 0.223. The number of rotatable bonds is 6. The normalized spacial score (nSPS) is 12.3. The molecule has 0 amide bonds. The summed E-state index contributed by atoms with van der Waals surface area (Å²) in [6.07, 6.45) is 1.00. The van der Waals surface area contributed by atoms with Crippen LogP contribution in [-0.4, -0.2) is 18.3 Å². The van der Waals surface area contributed by atoms with Crippen LogP contribution in [0.1, 0.15) is 17.4 Å². The molecular formula is C15H19NO2S. The van der Waals surface area contributed by atoms with Crippen LogP contribution in [0.25, 0.3) is 0 Å². The van der Waals surface area contributed by atoms with Crippen molar-refractivity contribution in [2.24, 2.45) is 0 Å². The predicted molar refractivity (Wildman–Crippen MR) is 79.0 cm³/mol. The monoisotopic (exact) mass is 277 g/mol. The highest BCUT2D eigenvalue weighted by molar-refractivity contribution is 7.09. The molecule has 0 aliphatic rings. The molecule has 0 bridgehead atoms. The average molecular weight is 277 g/mol. The van der Waals surface area contributed by atoms with Gasteiger partial charge in [0.05, 0.1) is 7.11 Å². The summed E-state index contributed by atoms with van der Waals surface area (Å²) in [7, 11) is 1.56. The smallest absolute Gasteiger partial charge is 0.162 e. The molecule has 2 aromatic rings.